The van der Waals surface area contributed by atoms with Crippen molar-refractivity contribution in [2.45, 2.75) is 26.4 Å². The SMILES string of the molecule is CC(C)[C@H]([NH2+]Cc1nc2cc(Cl)ccc2c(=O)[nH]1)c1ccccc1. The Hall–Kier alpha value is -2.17. The van der Waals surface area contributed by atoms with Crippen molar-refractivity contribution in [3.8, 4) is 0 Å². The van der Waals surface area contributed by atoms with Crippen molar-refractivity contribution >= 4 is 22.5 Å². The number of H-pyrrole nitrogens is 1. The summed E-state index contributed by atoms with van der Waals surface area (Å²) in [5, 5.41) is 3.36. The summed E-state index contributed by atoms with van der Waals surface area (Å²) in [6, 6.07) is 15.9. The molecular weight excluding hydrogens is 322 g/mol. The summed E-state index contributed by atoms with van der Waals surface area (Å²) in [4.78, 5) is 19.6. The van der Waals surface area contributed by atoms with Crippen LogP contribution in [0.4, 0.5) is 0 Å². The number of aromatic nitrogens is 2. The highest BCUT2D eigenvalue weighted by Crippen LogP contribution is 2.17. The molecular formula is C19H21ClN3O+. The molecule has 0 bridgehead atoms. The van der Waals surface area contributed by atoms with Crippen LogP contribution in [0.15, 0.2) is 53.3 Å². The molecule has 4 nitrogen and oxygen atoms in total. The average Bonchev–Trinajstić information content (AvgIpc) is 2.55. The van der Waals surface area contributed by atoms with Gasteiger partial charge in [0.25, 0.3) is 5.56 Å². The predicted octanol–water partition coefficient (Wildman–Crippen LogP) is 3.04. The van der Waals surface area contributed by atoms with Gasteiger partial charge >= 0.3 is 0 Å². The minimum absolute atomic E-state index is 0.124. The first kappa shape index (κ1) is 16.7. The van der Waals surface area contributed by atoms with Gasteiger partial charge in [0.2, 0.25) is 0 Å². The number of benzene rings is 2. The molecule has 1 aromatic heterocycles. The highest BCUT2D eigenvalue weighted by atomic mass is 35.5. The van der Waals surface area contributed by atoms with E-state index in [-0.39, 0.29) is 5.56 Å². The zero-order chi connectivity index (χ0) is 17.1. The normalized spacial score (nSPS) is 12.7. The van der Waals surface area contributed by atoms with Crippen LogP contribution in [0.1, 0.15) is 31.3 Å². The fourth-order valence-corrected chi connectivity index (χ4v) is 3.13. The standard InChI is InChI=1S/C19H20ClN3O/c1-12(2)18(13-6-4-3-5-7-13)21-11-17-22-16-10-14(20)8-9-15(16)19(24)23-17/h3-10,12,18,21H,11H2,1-2H3,(H,22,23,24)/p+1/t18-/m0/s1. The van der Waals surface area contributed by atoms with E-state index in [4.69, 9.17) is 11.6 Å². The smallest absolute Gasteiger partial charge is 0.258 e. The van der Waals surface area contributed by atoms with Gasteiger partial charge in [-0.25, -0.2) is 4.98 Å². The molecule has 0 saturated heterocycles. The quantitative estimate of drug-likeness (QED) is 0.748. The molecule has 0 aliphatic rings. The van der Waals surface area contributed by atoms with Gasteiger partial charge in [0, 0.05) is 16.5 Å². The molecule has 0 aliphatic heterocycles. The Kier molecular flexibility index (Phi) is 4.97. The molecule has 3 aromatic rings. The fourth-order valence-electron chi connectivity index (χ4n) is 2.96. The maximum atomic E-state index is 12.2. The lowest BCUT2D eigenvalue weighted by Crippen LogP contribution is -2.85. The minimum atomic E-state index is -0.124. The molecule has 1 atom stereocenters. The third kappa shape index (κ3) is 3.66. The summed E-state index contributed by atoms with van der Waals surface area (Å²) in [6.45, 7) is 5.00. The van der Waals surface area contributed by atoms with Crippen molar-refractivity contribution in [1.82, 2.24) is 9.97 Å². The fraction of sp³-hybridized carbons (Fsp3) is 0.263. The van der Waals surface area contributed by atoms with E-state index in [9.17, 15) is 4.79 Å². The van der Waals surface area contributed by atoms with Crippen molar-refractivity contribution in [2.75, 3.05) is 0 Å². The lowest BCUT2D eigenvalue weighted by Gasteiger charge is -2.19. The second kappa shape index (κ2) is 7.16. The molecule has 0 fully saturated rings. The maximum absolute atomic E-state index is 12.2. The van der Waals surface area contributed by atoms with Crippen molar-refractivity contribution in [1.29, 1.82) is 0 Å². The number of hydrogen-bond acceptors (Lipinski definition) is 2. The molecule has 0 radical (unpaired) electrons. The third-order valence-corrected chi connectivity index (χ3v) is 4.42. The first-order chi connectivity index (χ1) is 11.5. The van der Waals surface area contributed by atoms with Crippen LogP contribution in [0.5, 0.6) is 0 Å². The number of nitrogens with zero attached hydrogens (tertiary/aromatic N) is 1. The van der Waals surface area contributed by atoms with Crippen LogP contribution >= 0.6 is 11.6 Å². The van der Waals surface area contributed by atoms with E-state index in [1.54, 1.807) is 18.2 Å². The van der Waals surface area contributed by atoms with Crippen LogP contribution in [-0.2, 0) is 6.54 Å². The number of aromatic amines is 1. The van der Waals surface area contributed by atoms with Gasteiger partial charge in [0.05, 0.1) is 10.9 Å². The number of quaternary nitrogens is 1. The summed E-state index contributed by atoms with van der Waals surface area (Å²) < 4.78 is 0. The van der Waals surface area contributed by atoms with E-state index in [0.717, 1.165) is 0 Å². The average molecular weight is 343 g/mol. The van der Waals surface area contributed by atoms with E-state index < -0.39 is 0 Å². The molecule has 0 aliphatic carbocycles. The topological polar surface area (TPSA) is 62.4 Å². The molecule has 0 amide bonds. The van der Waals surface area contributed by atoms with Gasteiger partial charge in [0.1, 0.15) is 12.6 Å². The first-order valence-corrected chi connectivity index (χ1v) is 8.49. The molecule has 3 rings (SSSR count). The predicted molar refractivity (Wildman–Crippen MR) is 97.0 cm³/mol. The van der Waals surface area contributed by atoms with E-state index >= 15 is 0 Å². The molecule has 3 N–H and O–H groups in total. The Morgan fingerprint density at radius 3 is 2.62 bits per heavy atom. The van der Waals surface area contributed by atoms with E-state index in [2.05, 4.69) is 53.4 Å². The lowest BCUT2D eigenvalue weighted by atomic mass is 9.96. The molecule has 0 saturated carbocycles. The summed E-state index contributed by atoms with van der Waals surface area (Å²) >= 11 is 6.01. The Morgan fingerprint density at radius 1 is 1.17 bits per heavy atom. The molecule has 2 aromatic carbocycles. The van der Waals surface area contributed by atoms with E-state index in [0.29, 0.717) is 40.3 Å². The molecule has 124 valence electrons. The minimum Gasteiger partial charge on any atom is -0.334 e. The zero-order valence-corrected chi connectivity index (χ0v) is 14.5. The van der Waals surface area contributed by atoms with E-state index in [1.807, 2.05) is 6.07 Å². The van der Waals surface area contributed by atoms with Crippen molar-refractivity contribution in [3.63, 3.8) is 0 Å². The maximum Gasteiger partial charge on any atom is 0.258 e. The Morgan fingerprint density at radius 2 is 1.92 bits per heavy atom. The van der Waals surface area contributed by atoms with Gasteiger partial charge < -0.3 is 10.3 Å². The summed E-state index contributed by atoms with van der Waals surface area (Å²) in [5.74, 6) is 1.13. The van der Waals surface area contributed by atoms with Gasteiger partial charge in [-0.3, -0.25) is 4.79 Å². The van der Waals surface area contributed by atoms with Crippen molar-refractivity contribution in [3.05, 3.63) is 75.3 Å². The number of hydrogen-bond donors (Lipinski definition) is 2. The van der Waals surface area contributed by atoms with Crippen LogP contribution in [0.25, 0.3) is 10.9 Å². The van der Waals surface area contributed by atoms with Crippen molar-refractivity contribution < 1.29 is 5.32 Å². The molecule has 1 heterocycles. The monoisotopic (exact) mass is 342 g/mol. The number of rotatable bonds is 5. The summed E-state index contributed by atoms with van der Waals surface area (Å²) in [5.41, 5.74) is 1.79. The third-order valence-electron chi connectivity index (χ3n) is 4.19. The Bertz CT molecular complexity index is 890. The zero-order valence-electron chi connectivity index (χ0n) is 13.8. The molecule has 5 heteroatoms. The number of nitrogens with one attached hydrogen (secondary N) is 1. The molecule has 0 spiro atoms. The van der Waals surface area contributed by atoms with E-state index in [1.165, 1.54) is 5.56 Å². The highest BCUT2D eigenvalue weighted by Gasteiger charge is 2.19. The number of halogens is 1. The second-order valence-corrected chi connectivity index (χ2v) is 6.73. The van der Waals surface area contributed by atoms with Crippen molar-refractivity contribution in [2.24, 2.45) is 5.92 Å². The van der Waals surface area contributed by atoms with Crippen LogP contribution in [-0.4, -0.2) is 9.97 Å². The Labute approximate surface area is 145 Å². The summed E-state index contributed by atoms with van der Waals surface area (Å²) in [7, 11) is 0. The van der Waals surface area contributed by atoms with Crippen LogP contribution < -0.4 is 10.9 Å². The van der Waals surface area contributed by atoms with Gasteiger partial charge in [-0.1, -0.05) is 55.8 Å². The van der Waals surface area contributed by atoms with Crippen LogP contribution in [0.2, 0.25) is 5.02 Å². The van der Waals surface area contributed by atoms with Crippen LogP contribution in [0, 0.1) is 5.92 Å². The van der Waals surface area contributed by atoms with Gasteiger partial charge in [0.15, 0.2) is 5.82 Å². The highest BCUT2D eigenvalue weighted by molar-refractivity contribution is 6.31. The van der Waals surface area contributed by atoms with Gasteiger partial charge in [-0.05, 0) is 18.2 Å². The first-order valence-electron chi connectivity index (χ1n) is 8.11. The largest absolute Gasteiger partial charge is 0.334 e. The van der Waals surface area contributed by atoms with Gasteiger partial charge in [-0.15, -0.1) is 0 Å². The van der Waals surface area contributed by atoms with Crippen LogP contribution in [0.3, 0.4) is 0 Å². The second-order valence-electron chi connectivity index (χ2n) is 6.29. The number of nitrogens with two attached hydrogens (primary N) is 1. The summed E-state index contributed by atoms with van der Waals surface area (Å²) in [6.07, 6.45) is 0. The lowest BCUT2D eigenvalue weighted by molar-refractivity contribution is -0.718. The molecule has 24 heavy (non-hydrogen) atoms. The van der Waals surface area contributed by atoms with Gasteiger partial charge in [-0.2, -0.15) is 0 Å². The Balaban J connectivity index is 1.85. The number of fused-ring (bicyclic) bond motifs is 1. The molecule has 0 unspecified atom stereocenters.